The molecule has 17 heavy (non-hydrogen) atoms. The monoisotopic (exact) mass is 304 g/mol. The summed E-state index contributed by atoms with van der Waals surface area (Å²) in [4.78, 5) is 4.31. The summed E-state index contributed by atoms with van der Waals surface area (Å²) < 4.78 is 0. The molecule has 1 aromatic heterocycles. The van der Waals surface area contributed by atoms with Crippen LogP contribution in [-0.4, -0.2) is 10.2 Å². The van der Waals surface area contributed by atoms with Gasteiger partial charge in [-0.05, 0) is 35.8 Å². The Bertz CT molecular complexity index is 276. The molecule has 1 saturated carbocycles. The van der Waals surface area contributed by atoms with Gasteiger partial charge in [0.05, 0.1) is 0 Å². The predicted molar refractivity (Wildman–Crippen MR) is 75.8 cm³/mol. The van der Waals surface area contributed by atoms with Crippen molar-refractivity contribution in [1.29, 1.82) is 0 Å². The third kappa shape index (κ3) is 7.25. The molecular weight excluding hydrogens is 285 g/mol. The molecule has 0 unspecified atom stereocenters. The van der Waals surface area contributed by atoms with Gasteiger partial charge in [-0.2, -0.15) is 0 Å². The second-order valence-corrected chi connectivity index (χ2v) is 6.13. The van der Waals surface area contributed by atoms with Crippen molar-refractivity contribution in [3.63, 3.8) is 0 Å². The molecule has 0 saturated heterocycles. The minimum Gasteiger partial charge on any atom is -0.249 e. The van der Waals surface area contributed by atoms with Gasteiger partial charge in [0.25, 0.3) is 0 Å². The maximum atomic E-state index is 4.31. The van der Waals surface area contributed by atoms with Crippen LogP contribution >= 0.6 is 21.6 Å². The molecule has 0 atom stereocenters. The molecule has 1 aliphatic carbocycles. The van der Waals surface area contributed by atoms with E-state index in [4.69, 9.17) is 0 Å². The Kier molecular flexibility index (Phi) is 11.4. The van der Waals surface area contributed by atoms with Crippen LogP contribution in [0.2, 0.25) is 0 Å². The van der Waals surface area contributed by atoms with Crippen molar-refractivity contribution in [2.45, 2.75) is 42.4 Å². The third-order valence-electron chi connectivity index (χ3n) is 2.46. The van der Waals surface area contributed by atoms with E-state index in [0.29, 0.717) is 0 Å². The summed E-state index contributed by atoms with van der Waals surface area (Å²) in [6, 6.07) is 6.10. The molecule has 1 fully saturated rings. The molecule has 0 N–H and O–H groups in total. The molecule has 2 rings (SSSR count). The molecule has 1 heterocycles. The van der Waals surface area contributed by atoms with Crippen LogP contribution < -0.4 is 0 Å². The number of hydrogen-bond acceptors (Lipinski definition) is 3. The van der Waals surface area contributed by atoms with Gasteiger partial charge in [0.15, 0.2) is 0 Å². The topological polar surface area (TPSA) is 12.9 Å². The zero-order valence-corrected chi connectivity index (χ0v) is 13.1. The molecule has 1 nitrogen and oxygen atoms in total. The summed E-state index contributed by atoms with van der Waals surface area (Å²) in [5, 5.41) is 2.00. The van der Waals surface area contributed by atoms with E-state index in [2.05, 4.69) is 30.3 Å². The second-order valence-electron chi connectivity index (χ2n) is 3.61. The zero-order valence-electron chi connectivity index (χ0n) is 10.0. The summed E-state index contributed by atoms with van der Waals surface area (Å²) in [6.07, 6.45) is 8.92. The minimum atomic E-state index is 0. The van der Waals surface area contributed by atoms with Gasteiger partial charge in [0.1, 0.15) is 5.03 Å². The molecular formula is C13H19NS2V. The van der Waals surface area contributed by atoms with Crippen molar-refractivity contribution >= 4 is 21.6 Å². The molecule has 1 radical (unpaired) electrons. The Labute approximate surface area is 125 Å². The third-order valence-corrected chi connectivity index (χ3v) is 5.33. The van der Waals surface area contributed by atoms with Gasteiger partial charge in [-0.3, -0.25) is 0 Å². The van der Waals surface area contributed by atoms with E-state index in [-0.39, 0.29) is 18.6 Å². The van der Waals surface area contributed by atoms with Crippen molar-refractivity contribution in [3.05, 3.63) is 37.6 Å². The Balaban J connectivity index is 0.000000811. The smallest absolute Gasteiger partial charge is 0.106 e. The fraction of sp³-hybridized carbons (Fsp3) is 0.462. The van der Waals surface area contributed by atoms with Gasteiger partial charge in [-0.25, -0.2) is 4.98 Å². The largest absolute Gasteiger partial charge is 0.249 e. The first-order chi connectivity index (χ1) is 7.95. The van der Waals surface area contributed by atoms with Gasteiger partial charge in [-0.1, -0.05) is 36.1 Å². The summed E-state index contributed by atoms with van der Waals surface area (Å²) in [5.74, 6) is 0. The van der Waals surface area contributed by atoms with Gasteiger partial charge in [-0.15, -0.1) is 13.2 Å². The van der Waals surface area contributed by atoms with E-state index in [0.717, 1.165) is 10.3 Å². The van der Waals surface area contributed by atoms with E-state index < -0.39 is 0 Å². The number of nitrogens with zero attached hydrogens (tertiary/aromatic N) is 1. The average molecular weight is 304 g/mol. The van der Waals surface area contributed by atoms with Crippen LogP contribution in [0.15, 0.2) is 42.6 Å². The Hall–Kier alpha value is 0.174. The molecule has 93 valence electrons. The molecule has 1 aromatic rings. The SMILES string of the molecule is C=C.[V].c1ccc(SSC2CCCCC2)nc1. The maximum Gasteiger partial charge on any atom is 0.106 e. The number of aromatic nitrogens is 1. The van der Waals surface area contributed by atoms with Crippen LogP contribution in [0.4, 0.5) is 0 Å². The fourth-order valence-corrected chi connectivity index (χ4v) is 4.25. The van der Waals surface area contributed by atoms with Crippen molar-refractivity contribution < 1.29 is 18.6 Å². The van der Waals surface area contributed by atoms with E-state index in [1.54, 1.807) is 0 Å². The van der Waals surface area contributed by atoms with Gasteiger partial charge in [0, 0.05) is 30.0 Å². The van der Waals surface area contributed by atoms with Crippen LogP contribution in [-0.2, 0) is 18.6 Å². The quantitative estimate of drug-likeness (QED) is 0.579. The van der Waals surface area contributed by atoms with E-state index in [1.165, 1.54) is 32.1 Å². The Morgan fingerprint density at radius 3 is 2.41 bits per heavy atom. The summed E-state index contributed by atoms with van der Waals surface area (Å²) >= 11 is 0. The van der Waals surface area contributed by atoms with Crippen LogP contribution in [0, 0.1) is 0 Å². The van der Waals surface area contributed by atoms with Crippen molar-refractivity contribution in [3.8, 4) is 0 Å². The first-order valence-electron chi connectivity index (χ1n) is 5.69. The first kappa shape index (κ1) is 17.2. The molecule has 1 aliphatic rings. The van der Waals surface area contributed by atoms with Crippen molar-refractivity contribution in [1.82, 2.24) is 4.98 Å². The van der Waals surface area contributed by atoms with Gasteiger partial charge < -0.3 is 0 Å². The number of hydrogen-bond donors (Lipinski definition) is 0. The van der Waals surface area contributed by atoms with Crippen molar-refractivity contribution in [2.75, 3.05) is 0 Å². The van der Waals surface area contributed by atoms with Crippen LogP contribution in [0.5, 0.6) is 0 Å². The van der Waals surface area contributed by atoms with E-state index in [1.807, 2.05) is 33.9 Å². The maximum absolute atomic E-state index is 4.31. The van der Waals surface area contributed by atoms with E-state index >= 15 is 0 Å². The molecule has 4 heteroatoms. The predicted octanol–water partition coefficient (Wildman–Crippen LogP) is 4.95. The summed E-state index contributed by atoms with van der Waals surface area (Å²) in [5.41, 5.74) is 0. The minimum absolute atomic E-state index is 0. The average Bonchev–Trinajstić information content (AvgIpc) is 2.41. The molecule has 0 aliphatic heterocycles. The van der Waals surface area contributed by atoms with Gasteiger partial charge >= 0.3 is 0 Å². The number of pyridine rings is 1. The summed E-state index contributed by atoms with van der Waals surface area (Å²) in [6.45, 7) is 6.00. The zero-order chi connectivity index (χ0) is 11.6. The standard InChI is InChI=1S/C11H15NS2.C2H4.V/c1-2-6-10(7-3-1)13-14-11-8-4-5-9-12-11;1-2;/h4-5,8-10H,1-3,6-7H2;1-2H2;. The van der Waals surface area contributed by atoms with Crippen molar-refractivity contribution in [2.24, 2.45) is 0 Å². The fourth-order valence-electron chi connectivity index (χ4n) is 1.68. The Morgan fingerprint density at radius 1 is 1.12 bits per heavy atom. The molecule has 0 spiro atoms. The molecule has 0 amide bonds. The second kappa shape index (κ2) is 11.3. The summed E-state index contributed by atoms with van der Waals surface area (Å²) in [7, 11) is 3.84. The van der Waals surface area contributed by atoms with Crippen LogP contribution in [0.25, 0.3) is 0 Å². The first-order valence-corrected chi connectivity index (χ1v) is 7.91. The van der Waals surface area contributed by atoms with Crippen LogP contribution in [0.3, 0.4) is 0 Å². The van der Waals surface area contributed by atoms with E-state index in [9.17, 15) is 0 Å². The number of rotatable bonds is 3. The Morgan fingerprint density at radius 2 is 1.82 bits per heavy atom. The molecule has 0 bridgehead atoms. The van der Waals surface area contributed by atoms with Crippen LogP contribution in [0.1, 0.15) is 32.1 Å². The molecule has 0 aromatic carbocycles. The van der Waals surface area contributed by atoms with Gasteiger partial charge in [0.2, 0.25) is 0 Å². The normalized spacial score (nSPS) is 15.3.